The Kier molecular flexibility index (Phi) is 4.34. The molecule has 0 bridgehead atoms. The fourth-order valence-corrected chi connectivity index (χ4v) is 3.48. The molecular formula is C14H25N3O3. The third kappa shape index (κ3) is 2.20. The van der Waals surface area contributed by atoms with E-state index in [0.717, 1.165) is 13.1 Å². The number of likely N-dealkylation sites (tertiary alicyclic amines) is 1. The number of rotatable bonds is 4. The van der Waals surface area contributed by atoms with Crippen LogP contribution < -0.4 is 0 Å². The van der Waals surface area contributed by atoms with Gasteiger partial charge in [-0.3, -0.25) is 14.6 Å². The number of carbonyl (C=O) groups excluding carboxylic acids is 2. The molecule has 1 unspecified atom stereocenters. The molecule has 0 aliphatic carbocycles. The van der Waals surface area contributed by atoms with Gasteiger partial charge in [0.1, 0.15) is 5.54 Å². The Morgan fingerprint density at radius 1 is 1.30 bits per heavy atom. The second-order valence-corrected chi connectivity index (χ2v) is 5.76. The minimum absolute atomic E-state index is 0.0385. The van der Waals surface area contributed by atoms with Crippen LogP contribution in [0.4, 0.5) is 4.79 Å². The van der Waals surface area contributed by atoms with Gasteiger partial charge in [-0.15, -0.1) is 0 Å². The molecule has 114 valence electrons. The molecule has 3 amide bonds. The van der Waals surface area contributed by atoms with Gasteiger partial charge in [-0.1, -0.05) is 0 Å². The predicted molar refractivity (Wildman–Crippen MR) is 75.4 cm³/mol. The maximum absolute atomic E-state index is 12.5. The topological polar surface area (TPSA) is 53.1 Å². The maximum Gasteiger partial charge on any atom is 0.327 e. The molecule has 0 aromatic carbocycles. The average molecular weight is 283 g/mol. The quantitative estimate of drug-likeness (QED) is 0.715. The zero-order valence-corrected chi connectivity index (χ0v) is 12.9. The molecule has 2 aliphatic heterocycles. The summed E-state index contributed by atoms with van der Waals surface area (Å²) in [7, 11) is 3.29. The smallest absolute Gasteiger partial charge is 0.327 e. The summed E-state index contributed by atoms with van der Waals surface area (Å²) >= 11 is 0. The largest absolute Gasteiger partial charge is 0.383 e. The molecule has 0 aromatic rings. The van der Waals surface area contributed by atoms with Crippen molar-refractivity contribution in [2.45, 2.75) is 38.3 Å². The first-order valence-corrected chi connectivity index (χ1v) is 7.30. The molecule has 1 atom stereocenters. The first kappa shape index (κ1) is 15.3. The molecule has 2 fully saturated rings. The highest BCUT2D eigenvalue weighted by Crippen LogP contribution is 2.36. The van der Waals surface area contributed by atoms with Gasteiger partial charge in [0.15, 0.2) is 0 Å². The van der Waals surface area contributed by atoms with Gasteiger partial charge < -0.3 is 9.64 Å². The summed E-state index contributed by atoms with van der Waals surface area (Å²) in [5.74, 6) is -0.0385. The lowest BCUT2D eigenvalue weighted by Crippen LogP contribution is -2.58. The Labute approximate surface area is 120 Å². The molecule has 6 nitrogen and oxygen atoms in total. The molecule has 1 spiro atoms. The first-order valence-electron chi connectivity index (χ1n) is 7.30. The molecule has 2 rings (SSSR count). The van der Waals surface area contributed by atoms with Crippen LogP contribution >= 0.6 is 0 Å². The highest BCUT2D eigenvalue weighted by molar-refractivity contribution is 6.06. The Hall–Kier alpha value is -1.14. The fourth-order valence-electron chi connectivity index (χ4n) is 3.48. The number of imide groups is 1. The molecule has 0 radical (unpaired) electrons. The van der Waals surface area contributed by atoms with Crippen molar-refractivity contribution in [2.75, 3.05) is 40.4 Å². The van der Waals surface area contributed by atoms with Crippen molar-refractivity contribution < 1.29 is 14.3 Å². The van der Waals surface area contributed by atoms with Crippen molar-refractivity contribution in [3.8, 4) is 0 Å². The Bertz CT molecular complexity index is 391. The zero-order chi connectivity index (χ0) is 14.9. The summed E-state index contributed by atoms with van der Waals surface area (Å²) in [6.45, 7) is 7.00. The van der Waals surface area contributed by atoms with Gasteiger partial charge in [0.2, 0.25) is 0 Å². The molecule has 0 N–H and O–H groups in total. The van der Waals surface area contributed by atoms with Crippen LogP contribution in [0.15, 0.2) is 0 Å². The minimum Gasteiger partial charge on any atom is -0.383 e. The van der Waals surface area contributed by atoms with E-state index in [0.29, 0.717) is 32.0 Å². The first-order chi connectivity index (χ1) is 9.47. The van der Waals surface area contributed by atoms with Gasteiger partial charge >= 0.3 is 6.03 Å². The lowest BCUT2D eigenvalue weighted by molar-refractivity contribution is -0.135. The second kappa shape index (κ2) is 5.69. The van der Waals surface area contributed by atoms with Crippen LogP contribution in [0.2, 0.25) is 0 Å². The molecule has 0 aromatic heterocycles. The SMILES string of the molecule is CCN1C(=O)N(C)C(=O)C12CCN(C(C)COC)CC2. The highest BCUT2D eigenvalue weighted by atomic mass is 16.5. The number of methoxy groups -OCH3 is 1. The van der Waals surface area contributed by atoms with Gasteiger partial charge in [-0.2, -0.15) is 0 Å². The third-order valence-corrected chi connectivity index (χ3v) is 4.71. The number of nitrogens with zero attached hydrogens (tertiary/aromatic N) is 3. The van der Waals surface area contributed by atoms with E-state index in [2.05, 4.69) is 11.8 Å². The Morgan fingerprint density at radius 3 is 2.40 bits per heavy atom. The van der Waals surface area contributed by atoms with Gasteiger partial charge in [0, 0.05) is 39.8 Å². The van der Waals surface area contributed by atoms with Crippen molar-refractivity contribution in [3.05, 3.63) is 0 Å². The predicted octanol–water partition coefficient (Wildman–Crippen LogP) is 0.770. The van der Waals surface area contributed by atoms with Crippen LogP contribution in [0.25, 0.3) is 0 Å². The van der Waals surface area contributed by atoms with E-state index in [1.807, 2.05) is 6.92 Å². The summed E-state index contributed by atoms with van der Waals surface area (Å²) in [4.78, 5) is 30.0. The van der Waals surface area contributed by atoms with E-state index in [1.165, 1.54) is 4.90 Å². The standard InChI is InChI=1S/C14H25N3O3/c1-5-17-13(19)15(3)12(18)14(17)6-8-16(9-7-14)11(2)10-20-4/h11H,5-10H2,1-4H3. The molecule has 2 aliphatic rings. The highest BCUT2D eigenvalue weighted by Gasteiger charge is 2.56. The van der Waals surface area contributed by atoms with Crippen molar-refractivity contribution in [1.82, 2.24) is 14.7 Å². The van der Waals surface area contributed by atoms with Crippen molar-refractivity contribution in [2.24, 2.45) is 0 Å². The van der Waals surface area contributed by atoms with Gasteiger partial charge in [0.25, 0.3) is 5.91 Å². The summed E-state index contributed by atoms with van der Waals surface area (Å²) in [6.07, 6.45) is 1.42. The Balaban J connectivity index is 2.11. The molecule has 2 heterocycles. The summed E-state index contributed by atoms with van der Waals surface area (Å²) in [6, 6.07) is 0.188. The summed E-state index contributed by atoms with van der Waals surface area (Å²) < 4.78 is 5.19. The monoisotopic (exact) mass is 283 g/mol. The number of likely N-dealkylation sites (N-methyl/N-ethyl adjacent to an activating group) is 2. The van der Waals surface area contributed by atoms with E-state index in [-0.39, 0.29) is 11.9 Å². The molecule has 0 saturated carbocycles. The lowest BCUT2D eigenvalue weighted by atomic mass is 9.85. The minimum atomic E-state index is -0.607. The van der Waals surface area contributed by atoms with E-state index in [1.54, 1.807) is 19.1 Å². The van der Waals surface area contributed by atoms with Crippen molar-refractivity contribution in [3.63, 3.8) is 0 Å². The van der Waals surface area contributed by atoms with Crippen molar-refractivity contribution in [1.29, 1.82) is 0 Å². The third-order valence-electron chi connectivity index (χ3n) is 4.71. The molecule has 6 heteroatoms. The van der Waals surface area contributed by atoms with Crippen LogP contribution in [0.5, 0.6) is 0 Å². The van der Waals surface area contributed by atoms with Crippen LogP contribution in [0.1, 0.15) is 26.7 Å². The molecule has 20 heavy (non-hydrogen) atoms. The number of amides is 3. The summed E-state index contributed by atoms with van der Waals surface area (Å²) in [5, 5.41) is 0. The van der Waals surface area contributed by atoms with Crippen LogP contribution in [-0.4, -0.2) is 78.6 Å². The fraction of sp³-hybridized carbons (Fsp3) is 0.857. The number of carbonyl (C=O) groups is 2. The molecular weight excluding hydrogens is 258 g/mol. The van der Waals surface area contributed by atoms with E-state index < -0.39 is 5.54 Å². The van der Waals surface area contributed by atoms with E-state index in [4.69, 9.17) is 4.74 Å². The van der Waals surface area contributed by atoms with Gasteiger partial charge in [-0.05, 0) is 26.7 Å². The number of hydrogen-bond donors (Lipinski definition) is 0. The summed E-state index contributed by atoms with van der Waals surface area (Å²) in [5.41, 5.74) is -0.607. The van der Waals surface area contributed by atoms with Crippen LogP contribution in [-0.2, 0) is 9.53 Å². The average Bonchev–Trinajstić information content (AvgIpc) is 2.62. The Morgan fingerprint density at radius 2 is 1.90 bits per heavy atom. The number of hydrogen-bond acceptors (Lipinski definition) is 4. The maximum atomic E-state index is 12.5. The van der Waals surface area contributed by atoms with E-state index in [9.17, 15) is 9.59 Å². The van der Waals surface area contributed by atoms with Crippen LogP contribution in [0, 0.1) is 0 Å². The number of urea groups is 1. The van der Waals surface area contributed by atoms with Crippen LogP contribution in [0.3, 0.4) is 0 Å². The van der Waals surface area contributed by atoms with E-state index >= 15 is 0 Å². The number of piperidine rings is 1. The lowest BCUT2D eigenvalue weighted by Gasteiger charge is -2.43. The number of ether oxygens (including phenoxy) is 1. The molecule has 2 saturated heterocycles. The van der Waals surface area contributed by atoms with Crippen molar-refractivity contribution >= 4 is 11.9 Å². The zero-order valence-electron chi connectivity index (χ0n) is 12.9. The second-order valence-electron chi connectivity index (χ2n) is 5.76. The van der Waals surface area contributed by atoms with Gasteiger partial charge in [-0.25, -0.2) is 4.79 Å². The normalized spacial score (nSPS) is 24.8. The van der Waals surface area contributed by atoms with Gasteiger partial charge in [0.05, 0.1) is 6.61 Å².